The normalized spacial score (nSPS) is 13.5. The van der Waals surface area contributed by atoms with E-state index in [2.05, 4.69) is 0 Å². The summed E-state index contributed by atoms with van der Waals surface area (Å²) in [6.07, 6.45) is 0. The van der Waals surface area contributed by atoms with Gasteiger partial charge in [0.15, 0.2) is 0 Å². The Kier molecular flexibility index (Phi) is 3.95. The van der Waals surface area contributed by atoms with Gasteiger partial charge in [0.25, 0.3) is 6.49 Å². The van der Waals surface area contributed by atoms with E-state index < -0.39 is 11.4 Å². The number of nitro benzene ring substituents is 1. The van der Waals surface area contributed by atoms with Crippen LogP contribution in [0.15, 0.2) is 54.6 Å². The Morgan fingerprint density at radius 2 is 1.68 bits per heavy atom. The van der Waals surface area contributed by atoms with Gasteiger partial charge in [-0.2, -0.15) is 0 Å². The molecule has 0 heterocycles. The third-order valence-corrected chi connectivity index (χ3v) is 4.62. The smallest absolute Gasteiger partial charge is 0.311 e. The van der Waals surface area contributed by atoms with E-state index in [1.54, 1.807) is 36.4 Å². The Labute approximate surface area is 114 Å². The van der Waals surface area contributed by atoms with Crippen LogP contribution in [-0.4, -0.2) is 9.82 Å². The Hall–Kier alpha value is -1.75. The van der Waals surface area contributed by atoms with Gasteiger partial charge in [0, 0.05) is 11.4 Å². The zero-order valence-corrected chi connectivity index (χ0v) is 11.4. The first-order chi connectivity index (χ1) is 9.00. The standard InChI is InChI=1S/C12H10NO4PS/c14-13(15)11-8-4-5-9-12(11)17-18(16,19)10-6-2-1-3-7-10/h1-9H,(H,16,19). The van der Waals surface area contributed by atoms with Crippen LogP contribution in [0.4, 0.5) is 5.69 Å². The van der Waals surface area contributed by atoms with Crippen molar-refractivity contribution in [2.75, 3.05) is 0 Å². The molecule has 0 aliphatic heterocycles. The van der Waals surface area contributed by atoms with Crippen molar-refractivity contribution in [1.82, 2.24) is 0 Å². The first kappa shape index (κ1) is 13.7. The maximum absolute atomic E-state index is 10.9. The van der Waals surface area contributed by atoms with Crippen LogP contribution < -0.4 is 9.83 Å². The van der Waals surface area contributed by atoms with Crippen LogP contribution in [0.1, 0.15) is 0 Å². The lowest BCUT2D eigenvalue weighted by Gasteiger charge is -2.16. The second kappa shape index (κ2) is 5.48. The van der Waals surface area contributed by atoms with Gasteiger partial charge in [-0.15, -0.1) is 0 Å². The second-order valence-electron chi connectivity index (χ2n) is 3.67. The molecule has 1 N–H and O–H groups in total. The molecule has 1 unspecified atom stereocenters. The molecular weight excluding hydrogens is 285 g/mol. The minimum Gasteiger partial charge on any atom is -0.433 e. The van der Waals surface area contributed by atoms with E-state index in [1.165, 1.54) is 18.2 Å². The Bertz CT molecular complexity index is 647. The first-order valence-electron chi connectivity index (χ1n) is 5.32. The topological polar surface area (TPSA) is 72.6 Å². The summed E-state index contributed by atoms with van der Waals surface area (Å²) in [6.45, 7) is -3.30. The third kappa shape index (κ3) is 3.17. The molecule has 0 radical (unpaired) electrons. The molecule has 1 atom stereocenters. The molecular formula is C12H10NO4PS. The molecule has 0 fully saturated rings. The molecule has 0 bridgehead atoms. The highest BCUT2D eigenvalue weighted by Crippen LogP contribution is 2.44. The monoisotopic (exact) mass is 295 g/mol. The van der Waals surface area contributed by atoms with E-state index in [4.69, 9.17) is 16.3 Å². The molecule has 5 nitrogen and oxygen atoms in total. The van der Waals surface area contributed by atoms with Gasteiger partial charge in [0.05, 0.1) is 4.92 Å². The minimum atomic E-state index is -3.30. The van der Waals surface area contributed by atoms with Crippen LogP contribution in [0.2, 0.25) is 0 Å². The highest BCUT2D eigenvalue weighted by atomic mass is 32.5. The molecule has 0 saturated heterocycles. The van der Waals surface area contributed by atoms with Crippen molar-refractivity contribution in [3.63, 3.8) is 0 Å². The van der Waals surface area contributed by atoms with Gasteiger partial charge in [0.2, 0.25) is 5.75 Å². The average molecular weight is 295 g/mol. The summed E-state index contributed by atoms with van der Waals surface area (Å²) in [5.41, 5.74) is -0.221. The third-order valence-electron chi connectivity index (χ3n) is 2.37. The van der Waals surface area contributed by atoms with E-state index in [0.29, 0.717) is 5.30 Å². The zero-order chi connectivity index (χ0) is 13.9. The molecule has 0 aliphatic carbocycles. The van der Waals surface area contributed by atoms with Crippen molar-refractivity contribution in [3.8, 4) is 5.75 Å². The molecule has 98 valence electrons. The van der Waals surface area contributed by atoms with Crippen molar-refractivity contribution in [2.45, 2.75) is 0 Å². The van der Waals surface area contributed by atoms with Crippen molar-refractivity contribution in [1.29, 1.82) is 0 Å². The Balaban J connectivity index is 2.36. The fourth-order valence-corrected chi connectivity index (χ4v) is 3.17. The summed E-state index contributed by atoms with van der Waals surface area (Å²) in [5.74, 6) is -0.0258. The molecule has 2 aromatic carbocycles. The number of rotatable bonds is 4. The van der Waals surface area contributed by atoms with Gasteiger partial charge in [-0.3, -0.25) is 10.1 Å². The number of hydrogen-bond donors (Lipinski definition) is 1. The summed E-state index contributed by atoms with van der Waals surface area (Å²) in [4.78, 5) is 20.5. The SMILES string of the molecule is O=[N+]([O-])c1ccccc1OP(O)(=S)c1ccccc1. The second-order valence-corrected chi connectivity index (χ2v) is 6.90. The first-order valence-corrected chi connectivity index (χ1v) is 7.99. The van der Waals surface area contributed by atoms with Crippen molar-refractivity contribution < 1.29 is 14.3 Å². The number of nitro groups is 1. The van der Waals surface area contributed by atoms with Crippen molar-refractivity contribution in [2.24, 2.45) is 0 Å². The Morgan fingerprint density at radius 3 is 2.32 bits per heavy atom. The molecule has 0 amide bonds. The van der Waals surface area contributed by atoms with E-state index in [-0.39, 0.29) is 11.4 Å². The minimum absolute atomic E-state index is 0.0258. The largest absolute Gasteiger partial charge is 0.433 e. The van der Waals surface area contributed by atoms with Crippen LogP contribution in [-0.2, 0) is 11.8 Å². The molecule has 19 heavy (non-hydrogen) atoms. The van der Waals surface area contributed by atoms with E-state index in [9.17, 15) is 15.0 Å². The predicted molar refractivity (Wildman–Crippen MR) is 76.3 cm³/mol. The quantitative estimate of drug-likeness (QED) is 0.533. The summed E-state index contributed by atoms with van der Waals surface area (Å²) in [5, 5.41) is 11.3. The lowest BCUT2D eigenvalue weighted by Crippen LogP contribution is -2.08. The Morgan fingerprint density at radius 1 is 1.11 bits per heavy atom. The van der Waals surface area contributed by atoms with Crippen LogP contribution in [0.25, 0.3) is 0 Å². The van der Waals surface area contributed by atoms with E-state index >= 15 is 0 Å². The van der Waals surface area contributed by atoms with Gasteiger partial charge in [-0.1, -0.05) is 30.3 Å². The van der Waals surface area contributed by atoms with Gasteiger partial charge in [-0.05, 0) is 30.0 Å². The van der Waals surface area contributed by atoms with Crippen LogP contribution in [0, 0.1) is 10.1 Å². The predicted octanol–water partition coefficient (Wildman–Crippen LogP) is 2.60. The molecule has 2 rings (SSSR count). The van der Waals surface area contributed by atoms with Crippen LogP contribution >= 0.6 is 6.49 Å². The fraction of sp³-hybridized carbons (Fsp3) is 0. The van der Waals surface area contributed by atoms with E-state index in [1.807, 2.05) is 0 Å². The van der Waals surface area contributed by atoms with Crippen molar-refractivity contribution in [3.05, 3.63) is 64.7 Å². The summed E-state index contributed by atoms with van der Waals surface area (Å²) >= 11 is 5.06. The van der Waals surface area contributed by atoms with Crippen molar-refractivity contribution >= 4 is 29.3 Å². The van der Waals surface area contributed by atoms with Gasteiger partial charge < -0.3 is 9.42 Å². The zero-order valence-electron chi connectivity index (χ0n) is 9.67. The number of para-hydroxylation sites is 2. The summed E-state index contributed by atoms with van der Waals surface area (Å²) in [7, 11) is 0. The number of benzene rings is 2. The molecule has 0 aliphatic rings. The lowest BCUT2D eigenvalue weighted by molar-refractivity contribution is -0.385. The molecule has 2 aromatic rings. The van der Waals surface area contributed by atoms with Crippen LogP contribution in [0.5, 0.6) is 5.75 Å². The van der Waals surface area contributed by atoms with Gasteiger partial charge >= 0.3 is 5.69 Å². The highest BCUT2D eigenvalue weighted by Gasteiger charge is 2.23. The molecule has 0 saturated carbocycles. The fourth-order valence-electron chi connectivity index (χ4n) is 1.49. The van der Waals surface area contributed by atoms with E-state index in [0.717, 1.165) is 0 Å². The molecule has 0 spiro atoms. The summed E-state index contributed by atoms with van der Waals surface area (Å²) in [6, 6.07) is 14.3. The van der Waals surface area contributed by atoms with Crippen LogP contribution in [0.3, 0.4) is 0 Å². The maximum Gasteiger partial charge on any atom is 0.311 e. The number of hydrogen-bond acceptors (Lipinski definition) is 4. The lowest BCUT2D eigenvalue weighted by atomic mass is 10.3. The van der Waals surface area contributed by atoms with Gasteiger partial charge in [0.1, 0.15) is 0 Å². The highest BCUT2D eigenvalue weighted by molar-refractivity contribution is 8.13. The van der Waals surface area contributed by atoms with Gasteiger partial charge in [-0.25, -0.2) is 0 Å². The average Bonchev–Trinajstić information content (AvgIpc) is 2.39. The molecule has 0 aromatic heterocycles. The number of nitrogens with zero attached hydrogens (tertiary/aromatic N) is 1. The maximum atomic E-state index is 10.9. The molecule has 7 heteroatoms. The summed E-state index contributed by atoms with van der Waals surface area (Å²) < 4.78 is 5.32.